The van der Waals surface area contributed by atoms with Gasteiger partial charge >= 0.3 is 0 Å². The van der Waals surface area contributed by atoms with Crippen molar-refractivity contribution in [2.75, 3.05) is 6.54 Å². The lowest BCUT2D eigenvalue weighted by atomic mass is 9.84. The molecular formula is C20H31N. The lowest BCUT2D eigenvalue weighted by Gasteiger charge is -2.29. The van der Waals surface area contributed by atoms with Crippen LogP contribution in [0.25, 0.3) is 0 Å². The van der Waals surface area contributed by atoms with E-state index in [0.29, 0.717) is 12.0 Å². The fourth-order valence-electron chi connectivity index (χ4n) is 3.38. The molecule has 21 heavy (non-hydrogen) atoms. The van der Waals surface area contributed by atoms with Gasteiger partial charge in [0, 0.05) is 12.0 Å². The number of hydrogen-bond donors (Lipinski definition) is 1. The SMILES string of the molecule is CCCNC(/C1=C/CCCCCC1)C(C)c1ccccc1. The molecular weight excluding hydrogens is 254 g/mol. The van der Waals surface area contributed by atoms with E-state index in [0.717, 1.165) is 6.54 Å². The van der Waals surface area contributed by atoms with Gasteiger partial charge in [-0.3, -0.25) is 0 Å². The minimum absolute atomic E-state index is 0.505. The van der Waals surface area contributed by atoms with Crippen molar-refractivity contribution in [1.29, 1.82) is 0 Å². The Balaban J connectivity index is 2.16. The highest BCUT2D eigenvalue weighted by molar-refractivity contribution is 5.26. The van der Waals surface area contributed by atoms with Crippen LogP contribution in [-0.4, -0.2) is 12.6 Å². The van der Waals surface area contributed by atoms with Crippen LogP contribution in [0.5, 0.6) is 0 Å². The molecule has 2 atom stereocenters. The molecule has 2 rings (SSSR count). The summed E-state index contributed by atoms with van der Waals surface area (Å²) in [6, 6.07) is 11.5. The maximum atomic E-state index is 3.82. The van der Waals surface area contributed by atoms with Crippen molar-refractivity contribution in [1.82, 2.24) is 5.32 Å². The van der Waals surface area contributed by atoms with Crippen LogP contribution in [-0.2, 0) is 0 Å². The summed E-state index contributed by atoms with van der Waals surface area (Å²) in [4.78, 5) is 0. The second-order valence-electron chi connectivity index (χ2n) is 6.36. The van der Waals surface area contributed by atoms with Gasteiger partial charge in [0.2, 0.25) is 0 Å². The Labute approximate surface area is 130 Å². The van der Waals surface area contributed by atoms with Gasteiger partial charge in [0.05, 0.1) is 0 Å². The monoisotopic (exact) mass is 285 g/mol. The van der Waals surface area contributed by atoms with Crippen molar-refractivity contribution in [2.24, 2.45) is 0 Å². The Morgan fingerprint density at radius 3 is 2.57 bits per heavy atom. The highest BCUT2D eigenvalue weighted by Crippen LogP contribution is 2.28. The summed E-state index contributed by atoms with van der Waals surface area (Å²) in [5, 5.41) is 3.82. The predicted octanol–water partition coefficient (Wildman–Crippen LogP) is 5.44. The van der Waals surface area contributed by atoms with Crippen LogP contribution in [0.1, 0.15) is 70.3 Å². The van der Waals surface area contributed by atoms with E-state index < -0.39 is 0 Å². The van der Waals surface area contributed by atoms with E-state index in [1.807, 2.05) is 0 Å². The van der Waals surface area contributed by atoms with Crippen LogP contribution >= 0.6 is 0 Å². The molecule has 0 heterocycles. The lowest BCUT2D eigenvalue weighted by molar-refractivity contribution is 0.474. The molecule has 0 spiro atoms. The van der Waals surface area contributed by atoms with Crippen molar-refractivity contribution in [2.45, 2.75) is 70.8 Å². The standard InChI is InChI=1S/C20H31N/c1-3-16-21-20(17(2)18-12-10-7-11-13-18)19-14-8-5-4-6-9-15-19/h7,10-14,17,20-21H,3-6,8-9,15-16H2,1-2H3/b19-14+. The molecule has 1 nitrogen and oxygen atoms in total. The van der Waals surface area contributed by atoms with Gasteiger partial charge in [0.15, 0.2) is 0 Å². The van der Waals surface area contributed by atoms with Gasteiger partial charge in [0.1, 0.15) is 0 Å². The number of benzene rings is 1. The zero-order valence-electron chi connectivity index (χ0n) is 13.8. The van der Waals surface area contributed by atoms with E-state index in [9.17, 15) is 0 Å². The zero-order valence-corrected chi connectivity index (χ0v) is 13.8. The average molecular weight is 285 g/mol. The van der Waals surface area contributed by atoms with Crippen LogP contribution in [0.4, 0.5) is 0 Å². The molecule has 1 aromatic carbocycles. The van der Waals surface area contributed by atoms with Crippen molar-refractivity contribution in [3.8, 4) is 0 Å². The lowest BCUT2D eigenvalue weighted by Crippen LogP contribution is -2.36. The Morgan fingerprint density at radius 2 is 1.81 bits per heavy atom. The molecule has 1 aromatic rings. The van der Waals surface area contributed by atoms with Gasteiger partial charge in [0.25, 0.3) is 0 Å². The maximum Gasteiger partial charge on any atom is 0.0345 e. The Kier molecular flexibility index (Phi) is 7.02. The molecule has 0 saturated carbocycles. The minimum atomic E-state index is 0.505. The summed E-state index contributed by atoms with van der Waals surface area (Å²) < 4.78 is 0. The maximum absolute atomic E-state index is 3.82. The molecule has 2 unspecified atom stereocenters. The van der Waals surface area contributed by atoms with E-state index in [2.05, 4.69) is 55.6 Å². The molecule has 1 heteroatoms. The second-order valence-corrected chi connectivity index (χ2v) is 6.36. The highest BCUT2D eigenvalue weighted by Gasteiger charge is 2.22. The predicted molar refractivity (Wildman–Crippen MR) is 92.7 cm³/mol. The Bertz CT molecular complexity index is 421. The highest BCUT2D eigenvalue weighted by atomic mass is 14.9. The van der Waals surface area contributed by atoms with Crippen LogP contribution in [0.2, 0.25) is 0 Å². The number of rotatable bonds is 6. The van der Waals surface area contributed by atoms with Gasteiger partial charge in [-0.05, 0) is 44.2 Å². The molecule has 0 saturated heterocycles. The first-order valence-electron chi connectivity index (χ1n) is 8.80. The van der Waals surface area contributed by atoms with Gasteiger partial charge in [-0.15, -0.1) is 0 Å². The molecule has 0 radical (unpaired) electrons. The average Bonchev–Trinajstić information content (AvgIpc) is 2.49. The van der Waals surface area contributed by atoms with Gasteiger partial charge in [-0.25, -0.2) is 0 Å². The van der Waals surface area contributed by atoms with Crippen LogP contribution in [0.15, 0.2) is 42.0 Å². The van der Waals surface area contributed by atoms with Gasteiger partial charge in [-0.1, -0.05) is 68.7 Å². The quantitative estimate of drug-likeness (QED) is 0.686. The van der Waals surface area contributed by atoms with E-state index >= 15 is 0 Å². The first kappa shape index (κ1) is 16.3. The molecule has 0 fully saturated rings. The summed E-state index contributed by atoms with van der Waals surface area (Å²) in [5.41, 5.74) is 3.11. The van der Waals surface area contributed by atoms with Crippen molar-refractivity contribution < 1.29 is 0 Å². The first-order chi connectivity index (χ1) is 10.3. The topological polar surface area (TPSA) is 12.0 Å². The normalized spacial score (nSPS) is 21.7. The third-order valence-electron chi connectivity index (χ3n) is 4.67. The summed E-state index contributed by atoms with van der Waals surface area (Å²) >= 11 is 0. The number of allylic oxidation sites excluding steroid dienone is 1. The van der Waals surface area contributed by atoms with E-state index in [1.54, 1.807) is 5.57 Å². The molecule has 0 aromatic heterocycles. The molecule has 0 bridgehead atoms. The van der Waals surface area contributed by atoms with Crippen LogP contribution in [0, 0.1) is 0 Å². The molecule has 0 amide bonds. The number of nitrogens with one attached hydrogen (secondary N) is 1. The van der Waals surface area contributed by atoms with Crippen LogP contribution < -0.4 is 5.32 Å². The van der Waals surface area contributed by atoms with E-state index in [1.165, 1.54) is 50.5 Å². The smallest absolute Gasteiger partial charge is 0.0345 e. The number of hydrogen-bond acceptors (Lipinski definition) is 1. The van der Waals surface area contributed by atoms with Crippen LogP contribution in [0.3, 0.4) is 0 Å². The minimum Gasteiger partial charge on any atom is -0.310 e. The summed E-state index contributed by atoms with van der Waals surface area (Å²) in [5.74, 6) is 0.545. The summed E-state index contributed by atoms with van der Waals surface area (Å²) in [7, 11) is 0. The second kappa shape index (κ2) is 9.04. The fourth-order valence-corrected chi connectivity index (χ4v) is 3.38. The molecule has 1 aliphatic carbocycles. The van der Waals surface area contributed by atoms with Crippen molar-refractivity contribution >= 4 is 0 Å². The molecule has 0 aliphatic heterocycles. The molecule has 116 valence electrons. The first-order valence-corrected chi connectivity index (χ1v) is 8.80. The van der Waals surface area contributed by atoms with E-state index in [-0.39, 0.29) is 0 Å². The largest absolute Gasteiger partial charge is 0.310 e. The van der Waals surface area contributed by atoms with Gasteiger partial charge < -0.3 is 5.32 Å². The summed E-state index contributed by atoms with van der Waals surface area (Å²) in [6.45, 7) is 5.74. The Morgan fingerprint density at radius 1 is 1.05 bits per heavy atom. The third-order valence-corrected chi connectivity index (χ3v) is 4.67. The fraction of sp³-hybridized carbons (Fsp3) is 0.600. The molecule has 1 N–H and O–H groups in total. The van der Waals surface area contributed by atoms with Crippen molar-refractivity contribution in [3.63, 3.8) is 0 Å². The third kappa shape index (κ3) is 5.00. The van der Waals surface area contributed by atoms with E-state index in [4.69, 9.17) is 0 Å². The summed E-state index contributed by atoms with van der Waals surface area (Å²) in [6.07, 6.45) is 11.8. The Hall–Kier alpha value is -1.08. The molecule has 1 aliphatic rings. The zero-order chi connectivity index (χ0) is 14.9. The van der Waals surface area contributed by atoms with Crippen molar-refractivity contribution in [3.05, 3.63) is 47.5 Å². The van der Waals surface area contributed by atoms with Gasteiger partial charge in [-0.2, -0.15) is 0 Å².